The Bertz CT molecular complexity index is 551. The zero-order valence-corrected chi connectivity index (χ0v) is 14.7. The molecule has 6 atom stereocenters. The van der Waals surface area contributed by atoms with Crippen molar-refractivity contribution in [3.05, 3.63) is 24.3 Å². The topological polar surface area (TPSA) is 49.8 Å². The summed E-state index contributed by atoms with van der Waals surface area (Å²) in [6, 6.07) is 0. The van der Waals surface area contributed by atoms with E-state index >= 15 is 0 Å². The maximum Gasteiger partial charge on any atom is 0.139 e. The van der Waals surface area contributed by atoms with Crippen LogP contribution >= 0.6 is 0 Å². The molecule has 1 aliphatic heterocycles. The molecule has 1 heterocycles. The Morgan fingerprint density at radius 3 is 2.70 bits per heavy atom. The molecule has 0 radical (unpaired) electrons. The normalized spacial score (nSPS) is 47.5. The second kappa shape index (κ2) is 5.56. The number of ketones is 1. The second-order valence-corrected chi connectivity index (χ2v) is 8.48. The minimum Gasteiger partial charge on any atom is -0.389 e. The van der Waals surface area contributed by atoms with Crippen LogP contribution in [0.15, 0.2) is 24.3 Å². The van der Waals surface area contributed by atoms with Crippen molar-refractivity contribution in [1.29, 1.82) is 0 Å². The first-order valence-corrected chi connectivity index (χ1v) is 8.89. The van der Waals surface area contributed by atoms with Gasteiger partial charge in [-0.2, -0.15) is 0 Å². The number of hydrogen-bond donors (Lipinski definition) is 1. The van der Waals surface area contributed by atoms with Gasteiger partial charge in [0.05, 0.1) is 17.8 Å². The number of aliphatic hydroxyl groups is 1. The number of carbonyl (C=O) groups excluding carboxylic acids is 1. The lowest BCUT2D eigenvalue weighted by Crippen LogP contribution is -2.33. The number of carbonyl (C=O) groups is 1. The van der Waals surface area contributed by atoms with Gasteiger partial charge in [-0.25, -0.2) is 0 Å². The van der Waals surface area contributed by atoms with E-state index in [9.17, 15) is 9.90 Å². The molecule has 0 aromatic rings. The van der Waals surface area contributed by atoms with Gasteiger partial charge in [0.2, 0.25) is 0 Å². The third kappa shape index (κ3) is 2.83. The number of aliphatic hydroxyl groups excluding tert-OH is 1. The predicted molar refractivity (Wildman–Crippen MR) is 91.0 cm³/mol. The van der Waals surface area contributed by atoms with Gasteiger partial charge in [0.25, 0.3) is 0 Å². The van der Waals surface area contributed by atoms with E-state index in [2.05, 4.69) is 27.0 Å². The van der Waals surface area contributed by atoms with E-state index in [0.29, 0.717) is 18.6 Å². The van der Waals surface area contributed by atoms with Crippen LogP contribution in [-0.4, -0.2) is 28.7 Å². The largest absolute Gasteiger partial charge is 0.389 e. The van der Waals surface area contributed by atoms with Gasteiger partial charge in [-0.15, -0.1) is 0 Å². The van der Waals surface area contributed by atoms with Crippen LogP contribution in [-0.2, 0) is 9.53 Å². The van der Waals surface area contributed by atoms with Crippen LogP contribution in [0.4, 0.5) is 0 Å². The molecule has 2 aliphatic carbocycles. The fraction of sp³-hybridized carbons (Fsp3) is 0.750. The molecule has 0 bridgehead atoms. The van der Waals surface area contributed by atoms with Gasteiger partial charge in [-0.05, 0) is 63.4 Å². The lowest BCUT2D eigenvalue weighted by molar-refractivity contribution is -0.127. The second-order valence-electron chi connectivity index (χ2n) is 8.48. The standard InChI is InChI=1S/C20H30O3/c1-12(2)14-10-17(22)19(4)11-18-20(5,23-18)9-8-16(21)13(3)6-7-15(14)19/h14-16,18,21H,1,3,6-11H2,2,4-5H3/t14-,15+,16+,18+,19-,20+/m1/s1. The molecular weight excluding hydrogens is 288 g/mol. The Morgan fingerprint density at radius 2 is 2.04 bits per heavy atom. The highest BCUT2D eigenvalue weighted by molar-refractivity contribution is 5.88. The third-order valence-electron chi connectivity index (χ3n) is 6.79. The number of allylic oxidation sites excluding steroid dienone is 1. The maximum atomic E-state index is 12.8. The molecule has 0 unspecified atom stereocenters. The summed E-state index contributed by atoms with van der Waals surface area (Å²) in [5.41, 5.74) is 1.49. The van der Waals surface area contributed by atoms with Gasteiger partial charge in [-0.3, -0.25) is 4.79 Å². The highest BCUT2D eigenvalue weighted by Crippen LogP contribution is 2.56. The van der Waals surface area contributed by atoms with Crippen molar-refractivity contribution < 1.29 is 14.6 Å². The van der Waals surface area contributed by atoms with Gasteiger partial charge in [0.1, 0.15) is 5.78 Å². The van der Waals surface area contributed by atoms with Crippen LogP contribution in [0, 0.1) is 17.3 Å². The summed E-state index contributed by atoms with van der Waals surface area (Å²) < 4.78 is 5.96. The molecule has 1 N–H and O–H groups in total. The summed E-state index contributed by atoms with van der Waals surface area (Å²) in [5.74, 6) is 0.893. The van der Waals surface area contributed by atoms with Crippen molar-refractivity contribution in [3.63, 3.8) is 0 Å². The molecule has 3 aliphatic rings. The molecule has 3 nitrogen and oxygen atoms in total. The van der Waals surface area contributed by atoms with Crippen LogP contribution in [0.1, 0.15) is 59.3 Å². The van der Waals surface area contributed by atoms with Gasteiger partial charge < -0.3 is 9.84 Å². The fourth-order valence-corrected chi connectivity index (χ4v) is 4.82. The molecule has 0 aromatic heterocycles. The molecule has 3 rings (SSSR count). The molecular formula is C20H30O3. The molecule has 0 amide bonds. The molecule has 23 heavy (non-hydrogen) atoms. The van der Waals surface area contributed by atoms with Crippen molar-refractivity contribution >= 4 is 5.78 Å². The molecule has 0 aromatic carbocycles. The molecule has 3 fully saturated rings. The Labute approximate surface area is 139 Å². The minimum absolute atomic E-state index is 0.140. The summed E-state index contributed by atoms with van der Waals surface area (Å²) in [7, 11) is 0. The van der Waals surface area contributed by atoms with Crippen molar-refractivity contribution in [2.75, 3.05) is 0 Å². The lowest BCUT2D eigenvalue weighted by atomic mass is 9.69. The molecule has 1 saturated heterocycles. The van der Waals surface area contributed by atoms with E-state index in [1.165, 1.54) is 0 Å². The average molecular weight is 318 g/mol. The zero-order chi connectivity index (χ0) is 17.0. The van der Waals surface area contributed by atoms with E-state index in [-0.39, 0.29) is 29.0 Å². The molecule has 3 heteroatoms. The van der Waals surface area contributed by atoms with Crippen LogP contribution in [0.3, 0.4) is 0 Å². The summed E-state index contributed by atoms with van der Waals surface area (Å²) in [5, 5.41) is 10.3. The summed E-state index contributed by atoms with van der Waals surface area (Å²) >= 11 is 0. The SMILES string of the molecule is C=C(C)[C@H]1CC(=O)[C@]2(C)C[C@@H]3O[C@@]3(C)CC[C@H](O)C(=C)CC[C@@H]12. The van der Waals surface area contributed by atoms with Crippen molar-refractivity contribution in [1.82, 2.24) is 0 Å². The molecule has 128 valence electrons. The molecule has 2 saturated carbocycles. The Kier molecular flexibility index (Phi) is 4.09. The summed E-state index contributed by atoms with van der Waals surface area (Å²) in [6.07, 6.45) is 4.32. The summed E-state index contributed by atoms with van der Waals surface area (Å²) in [6.45, 7) is 14.5. The predicted octanol–water partition coefficient (Wildman–Crippen LogP) is 3.81. The first kappa shape index (κ1) is 16.9. The highest BCUT2D eigenvalue weighted by atomic mass is 16.6. The number of fused-ring (bicyclic) bond motifs is 2. The maximum absolute atomic E-state index is 12.8. The lowest BCUT2D eigenvalue weighted by Gasteiger charge is -2.33. The first-order valence-electron chi connectivity index (χ1n) is 8.89. The highest BCUT2D eigenvalue weighted by Gasteiger charge is 2.60. The zero-order valence-electron chi connectivity index (χ0n) is 14.7. The van der Waals surface area contributed by atoms with E-state index < -0.39 is 6.10 Å². The van der Waals surface area contributed by atoms with Gasteiger partial charge in [0, 0.05) is 11.8 Å². The van der Waals surface area contributed by atoms with E-state index in [0.717, 1.165) is 36.8 Å². The number of Topliss-reactive ketones (excluding diaryl/α,β-unsaturated/α-hetero) is 1. The Hall–Kier alpha value is -0.930. The van der Waals surface area contributed by atoms with E-state index in [1.54, 1.807) is 0 Å². The molecule has 0 spiro atoms. The van der Waals surface area contributed by atoms with E-state index in [1.807, 2.05) is 6.92 Å². The monoisotopic (exact) mass is 318 g/mol. The van der Waals surface area contributed by atoms with Crippen molar-refractivity contribution in [2.45, 2.75) is 77.1 Å². The van der Waals surface area contributed by atoms with E-state index in [4.69, 9.17) is 4.74 Å². The number of rotatable bonds is 1. The van der Waals surface area contributed by atoms with Gasteiger partial charge in [-0.1, -0.05) is 25.7 Å². The third-order valence-corrected chi connectivity index (χ3v) is 6.79. The summed E-state index contributed by atoms with van der Waals surface area (Å²) in [4.78, 5) is 12.8. The Morgan fingerprint density at radius 1 is 1.35 bits per heavy atom. The van der Waals surface area contributed by atoms with Crippen LogP contribution < -0.4 is 0 Å². The fourth-order valence-electron chi connectivity index (χ4n) is 4.82. The van der Waals surface area contributed by atoms with Gasteiger partial charge in [0.15, 0.2) is 0 Å². The number of hydrogen-bond acceptors (Lipinski definition) is 3. The number of epoxide rings is 1. The minimum atomic E-state index is -0.457. The average Bonchev–Trinajstić information content (AvgIpc) is 3.03. The van der Waals surface area contributed by atoms with Crippen molar-refractivity contribution in [2.24, 2.45) is 17.3 Å². The van der Waals surface area contributed by atoms with Crippen LogP contribution in [0.25, 0.3) is 0 Å². The smallest absolute Gasteiger partial charge is 0.139 e. The van der Waals surface area contributed by atoms with Gasteiger partial charge >= 0.3 is 0 Å². The van der Waals surface area contributed by atoms with Crippen LogP contribution in [0.5, 0.6) is 0 Å². The van der Waals surface area contributed by atoms with Crippen LogP contribution in [0.2, 0.25) is 0 Å². The Balaban J connectivity index is 1.92. The number of ether oxygens (including phenoxy) is 1. The quantitative estimate of drug-likeness (QED) is 0.591. The van der Waals surface area contributed by atoms with Crippen molar-refractivity contribution in [3.8, 4) is 0 Å². The first-order chi connectivity index (χ1) is 10.7.